The molecule has 1 unspecified atom stereocenters. The van der Waals surface area contributed by atoms with E-state index in [1.165, 1.54) is 0 Å². The van der Waals surface area contributed by atoms with E-state index < -0.39 is 51.6 Å². The standard InChI is InChI=1S/C30H39NO7/c1-15-8-19-22(20(32)9-15)17(3)23(34)24-27(11-21(33)36-13-27)26(4)5-6-28-10-16(2)7-18(38-28)12-31(28)30(26)25(35)29(19,24)14-37-30/h9,16-19,22,24-25,35H,5-8,10-14H2,1-4H3/t16-,17+,18+,19+,22-,24+,25+,26-,27+,28?,29-,30+/m0/s1. The number of Topliss-reactive ketones (excluding diaryl/α,β-unsaturated/α-hetero) is 1. The molecule has 12 atom stereocenters. The molecule has 38 heavy (non-hydrogen) atoms. The highest BCUT2D eigenvalue weighted by atomic mass is 16.6. The largest absolute Gasteiger partial charge is 0.465 e. The molecule has 7 fully saturated rings. The summed E-state index contributed by atoms with van der Waals surface area (Å²) in [5.74, 6) is -1.61. The summed E-state index contributed by atoms with van der Waals surface area (Å²) in [7, 11) is 0. The Morgan fingerprint density at radius 1 is 1.13 bits per heavy atom. The summed E-state index contributed by atoms with van der Waals surface area (Å²) in [4.78, 5) is 43.4. The van der Waals surface area contributed by atoms with Crippen molar-refractivity contribution in [1.29, 1.82) is 0 Å². The molecular formula is C30H39NO7. The van der Waals surface area contributed by atoms with Gasteiger partial charge in [-0.05, 0) is 56.9 Å². The van der Waals surface area contributed by atoms with Crippen LogP contribution in [0.15, 0.2) is 11.6 Å². The van der Waals surface area contributed by atoms with Crippen LogP contribution in [-0.2, 0) is 28.6 Å². The third kappa shape index (κ3) is 2.29. The number of carbonyl (C=O) groups excluding carboxylic acids is 3. The number of aliphatic hydroxyl groups excluding tert-OH is 1. The van der Waals surface area contributed by atoms with E-state index in [0.717, 1.165) is 24.8 Å². The van der Waals surface area contributed by atoms with Crippen molar-refractivity contribution in [2.45, 2.75) is 89.9 Å². The predicted octanol–water partition coefficient (Wildman–Crippen LogP) is 2.62. The Morgan fingerprint density at radius 2 is 1.92 bits per heavy atom. The average molecular weight is 526 g/mol. The monoisotopic (exact) mass is 525 g/mol. The Morgan fingerprint density at radius 3 is 2.66 bits per heavy atom. The number of ether oxygens (including phenoxy) is 3. The smallest absolute Gasteiger partial charge is 0.306 e. The first kappa shape index (κ1) is 24.2. The first-order chi connectivity index (χ1) is 18.0. The summed E-state index contributed by atoms with van der Waals surface area (Å²) in [6, 6.07) is 0. The molecular weight excluding hydrogens is 486 g/mol. The highest BCUT2D eigenvalue weighted by Gasteiger charge is 2.89. The fourth-order valence-electron chi connectivity index (χ4n) is 11.7. The minimum atomic E-state index is -1.11. The van der Waals surface area contributed by atoms with Crippen molar-refractivity contribution in [2.24, 2.45) is 45.8 Å². The van der Waals surface area contributed by atoms with E-state index in [2.05, 4.69) is 18.7 Å². The van der Waals surface area contributed by atoms with Crippen LogP contribution in [0.1, 0.15) is 66.2 Å². The Kier molecular flexibility index (Phi) is 4.45. The highest BCUT2D eigenvalue weighted by Crippen LogP contribution is 2.80. The minimum Gasteiger partial charge on any atom is -0.465 e. The second-order valence-electron chi connectivity index (χ2n) is 14.5. The zero-order valence-electron chi connectivity index (χ0n) is 22.8. The van der Waals surface area contributed by atoms with Gasteiger partial charge < -0.3 is 19.3 Å². The molecule has 8 aliphatic rings. The minimum absolute atomic E-state index is 0.00412. The van der Waals surface area contributed by atoms with Crippen LogP contribution in [0.5, 0.6) is 0 Å². The molecule has 4 bridgehead atoms. The van der Waals surface area contributed by atoms with Crippen LogP contribution in [0, 0.1) is 45.8 Å². The van der Waals surface area contributed by atoms with Gasteiger partial charge in [-0.2, -0.15) is 0 Å². The number of rotatable bonds is 0. The van der Waals surface area contributed by atoms with Gasteiger partial charge in [0, 0.05) is 40.5 Å². The van der Waals surface area contributed by atoms with Crippen molar-refractivity contribution in [3.05, 3.63) is 11.6 Å². The number of hydrogen-bond acceptors (Lipinski definition) is 8. The predicted molar refractivity (Wildman–Crippen MR) is 133 cm³/mol. The second kappa shape index (κ2) is 6.99. The zero-order valence-corrected chi connectivity index (χ0v) is 22.8. The van der Waals surface area contributed by atoms with Gasteiger partial charge in [0.2, 0.25) is 0 Å². The van der Waals surface area contributed by atoms with Gasteiger partial charge in [-0.3, -0.25) is 14.4 Å². The quantitative estimate of drug-likeness (QED) is 0.482. The Labute approximate surface area is 223 Å². The van der Waals surface area contributed by atoms with Crippen molar-refractivity contribution in [3.8, 4) is 0 Å². The van der Waals surface area contributed by atoms with E-state index >= 15 is 0 Å². The van der Waals surface area contributed by atoms with Crippen molar-refractivity contribution in [1.82, 2.24) is 4.90 Å². The maximum Gasteiger partial charge on any atom is 0.306 e. The van der Waals surface area contributed by atoms with Gasteiger partial charge >= 0.3 is 5.97 Å². The first-order valence-corrected chi connectivity index (χ1v) is 14.6. The number of carbonyl (C=O) groups is 3. The van der Waals surface area contributed by atoms with Gasteiger partial charge in [0.1, 0.15) is 17.6 Å². The summed E-state index contributed by atoms with van der Waals surface area (Å²) in [6.07, 6.45) is 4.87. The van der Waals surface area contributed by atoms with E-state index in [1.54, 1.807) is 6.08 Å². The molecule has 206 valence electrons. The van der Waals surface area contributed by atoms with Gasteiger partial charge in [-0.15, -0.1) is 0 Å². The van der Waals surface area contributed by atoms with E-state index in [4.69, 9.17) is 14.2 Å². The third-order valence-corrected chi connectivity index (χ3v) is 13.0. The SMILES string of the molecule is CC1=CC(=O)[C@@H]2[C@@H](C1)[C@]13CO[C@@]4([C@@H]1O)N1C[C@H]5C[C@H](C)CC1(CC[C@@]4(C)[C@]1(COC(=O)C1)[C@H]3C(=O)[C@@H]2C)O5. The Bertz CT molecular complexity index is 1210. The van der Waals surface area contributed by atoms with E-state index in [9.17, 15) is 19.5 Å². The van der Waals surface area contributed by atoms with Gasteiger partial charge in [-0.1, -0.05) is 26.3 Å². The molecule has 3 aliphatic carbocycles. The average Bonchev–Trinajstić information content (AvgIpc) is 3.45. The summed E-state index contributed by atoms with van der Waals surface area (Å²) in [6.45, 7) is 9.30. The Balaban J connectivity index is 1.40. The van der Waals surface area contributed by atoms with Crippen LogP contribution in [0.4, 0.5) is 0 Å². The zero-order chi connectivity index (χ0) is 26.6. The van der Waals surface area contributed by atoms with Gasteiger partial charge in [0.25, 0.3) is 0 Å². The van der Waals surface area contributed by atoms with E-state index in [-0.39, 0.29) is 49.2 Å². The Hall–Kier alpha value is -1.61. The van der Waals surface area contributed by atoms with Crippen molar-refractivity contribution >= 4 is 17.5 Å². The molecule has 1 N–H and O–H groups in total. The molecule has 8 heteroatoms. The lowest BCUT2D eigenvalue weighted by molar-refractivity contribution is -0.364. The topological polar surface area (TPSA) is 102 Å². The number of hydrogen-bond donors (Lipinski definition) is 1. The summed E-state index contributed by atoms with van der Waals surface area (Å²) in [5.41, 5.74) is -3.13. The maximum atomic E-state index is 14.6. The van der Waals surface area contributed by atoms with Crippen LogP contribution >= 0.6 is 0 Å². The van der Waals surface area contributed by atoms with Gasteiger partial charge in [0.15, 0.2) is 11.5 Å². The third-order valence-electron chi connectivity index (χ3n) is 13.0. The fourth-order valence-corrected chi connectivity index (χ4v) is 11.7. The number of fused-ring (bicyclic) bond motifs is 4. The molecule has 2 saturated carbocycles. The number of piperidine rings is 1. The summed E-state index contributed by atoms with van der Waals surface area (Å²) in [5, 5.41) is 12.9. The van der Waals surface area contributed by atoms with Crippen LogP contribution in [0.25, 0.3) is 0 Å². The molecule has 0 amide bonds. The number of aliphatic hydroxyl groups is 1. The molecule has 5 saturated heterocycles. The van der Waals surface area contributed by atoms with Crippen molar-refractivity contribution < 1.29 is 33.7 Å². The highest BCUT2D eigenvalue weighted by molar-refractivity contribution is 6.00. The lowest BCUT2D eigenvalue weighted by Gasteiger charge is -2.72. The molecule has 8 nitrogen and oxygen atoms in total. The second-order valence-corrected chi connectivity index (χ2v) is 14.5. The van der Waals surface area contributed by atoms with Gasteiger partial charge in [0.05, 0.1) is 25.7 Å². The molecule has 0 aromatic carbocycles. The van der Waals surface area contributed by atoms with Crippen LogP contribution < -0.4 is 0 Å². The number of ketones is 2. The molecule has 8 rings (SSSR count). The van der Waals surface area contributed by atoms with E-state index in [1.807, 2.05) is 13.8 Å². The summed E-state index contributed by atoms with van der Waals surface area (Å²) >= 11 is 0. The fraction of sp³-hybridized carbons (Fsp3) is 0.833. The normalized spacial score (nSPS) is 58.7. The van der Waals surface area contributed by atoms with Crippen LogP contribution in [-0.4, -0.2) is 71.0 Å². The number of allylic oxidation sites excluding steroid dienone is 2. The molecule has 5 aliphatic heterocycles. The lowest BCUT2D eigenvalue weighted by atomic mass is 9.33. The molecule has 5 heterocycles. The lowest BCUT2D eigenvalue weighted by Crippen LogP contribution is -2.83. The summed E-state index contributed by atoms with van der Waals surface area (Å²) < 4.78 is 19.6. The van der Waals surface area contributed by atoms with E-state index in [0.29, 0.717) is 25.3 Å². The number of nitrogens with zero attached hydrogens (tertiary/aromatic N) is 1. The number of esters is 1. The first-order valence-electron chi connectivity index (χ1n) is 14.6. The van der Waals surface area contributed by atoms with Crippen molar-refractivity contribution in [2.75, 3.05) is 19.8 Å². The van der Waals surface area contributed by atoms with Crippen LogP contribution in [0.2, 0.25) is 0 Å². The van der Waals surface area contributed by atoms with Crippen molar-refractivity contribution in [3.63, 3.8) is 0 Å². The maximum absolute atomic E-state index is 14.6. The van der Waals surface area contributed by atoms with Gasteiger partial charge in [-0.25, -0.2) is 4.90 Å². The molecule has 0 radical (unpaired) electrons. The molecule has 0 aromatic heterocycles. The number of cyclic esters (lactones) is 1. The molecule has 0 aromatic rings. The molecule has 4 spiro atoms. The van der Waals surface area contributed by atoms with Crippen LogP contribution in [0.3, 0.4) is 0 Å².